The second-order valence-corrected chi connectivity index (χ2v) is 6.53. The molecule has 23 heavy (non-hydrogen) atoms. The highest BCUT2D eigenvalue weighted by atomic mass is 127. The molecule has 0 amide bonds. The number of ether oxygens (including phenoxy) is 1. The van der Waals surface area contributed by atoms with Crippen LogP contribution in [0.1, 0.15) is 30.5 Å². The fourth-order valence-corrected chi connectivity index (χ4v) is 3.06. The summed E-state index contributed by atoms with van der Waals surface area (Å²) in [6.45, 7) is 10.7. The Bertz CT molecular complexity index is 474. The fraction of sp³-hybridized carbons (Fsp3) is 0.733. The molecule has 0 bridgehead atoms. The smallest absolute Gasteiger partial charge is 0.191 e. The maximum atomic E-state index is 5.35. The predicted octanol–water partition coefficient (Wildman–Crippen LogP) is 1.88. The first kappa shape index (κ1) is 20.6. The number of nitrogens with zero attached hydrogens (tertiary/aromatic N) is 3. The van der Waals surface area contributed by atoms with E-state index in [9.17, 15) is 0 Å². The number of hydrogen-bond donors (Lipinski definition) is 2. The summed E-state index contributed by atoms with van der Waals surface area (Å²) in [7, 11) is 1.80. The zero-order valence-electron chi connectivity index (χ0n) is 14.2. The normalized spacial score (nSPS) is 16.3. The summed E-state index contributed by atoms with van der Waals surface area (Å²) in [5, 5.41) is 9.97. The van der Waals surface area contributed by atoms with Crippen molar-refractivity contribution in [3.05, 3.63) is 16.1 Å². The van der Waals surface area contributed by atoms with Crippen LogP contribution in [0.5, 0.6) is 0 Å². The third kappa shape index (κ3) is 7.32. The number of morpholine rings is 1. The molecule has 0 aromatic carbocycles. The Morgan fingerprint density at radius 1 is 1.39 bits per heavy atom. The van der Waals surface area contributed by atoms with Crippen LogP contribution >= 0.6 is 35.3 Å². The van der Waals surface area contributed by atoms with Crippen LogP contribution in [0.25, 0.3) is 0 Å². The fourth-order valence-electron chi connectivity index (χ4n) is 2.22. The third-order valence-corrected chi connectivity index (χ3v) is 4.74. The van der Waals surface area contributed by atoms with Gasteiger partial charge in [0, 0.05) is 44.5 Å². The summed E-state index contributed by atoms with van der Waals surface area (Å²) in [5.74, 6) is 1.32. The molecule has 1 aliphatic heterocycles. The van der Waals surface area contributed by atoms with E-state index in [0.29, 0.717) is 12.5 Å². The van der Waals surface area contributed by atoms with Crippen molar-refractivity contribution < 1.29 is 4.74 Å². The number of aliphatic imine (C=N–C) groups is 1. The standard InChI is InChI=1S/C15H27N5OS.HI/c1-12(2)14-19-13(11-22-14)10-18-15(16-3)17-4-5-20-6-8-21-9-7-20;/h11-12H,4-10H2,1-3H3,(H2,16,17,18);1H. The average molecular weight is 453 g/mol. The quantitative estimate of drug-likeness (QED) is 0.392. The molecule has 0 radical (unpaired) electrons. The molecule has 1 aromatic heterocycles. The molecule has 1 saturated heterocycles. The van der Waals surface area contributed by atoms with E-state index >= 15 is 0 Å². The minimum absolute atomic E-state index is 0. The van der Waals surface area contributed by atoms with Crippen molar-refractivity contribution in [2.45, 2.75) is 26.3 Å². The lowest BCUT2D eigenvalue weighted by Gasteiger charge is -2.26. The monoisotopic (exact) mass is 453 g/mol. The van der Waals surface area contributed by atoms with Crippen molar-refractivity contribution in [3.8, 4) is 0 Å². The topological polar surface area (TPSA) is 61.8 Å². The van der Waals surface area contributed by atoms with E-state index in [0.717, 1.165) is 51.0 Å². The molecule has 2 rings (SSSR count). The van der Waals surface area contributed by atoms with E-state index in [1.54, 1.807) is 18.4 Å². The molecule has 1 fully saturated rings. The molecule has 132 valence electrons. The average Bonchev–Trinajstić information content (AvgIpc) is 3.01. The molecule has 0 unspecified atom stereocenters. The number of halogens is 1. The molecule has 0 aliphatic carbocycles. The molecule has 6 nitrogen and oxygen atoms in total. The van der Waals surface area contributed by atoms with Gasteiger partial charge in [0.1, 0.15) is 0 Å². The van der Waals surface area contributed by atoms with Crippen molar-refractivity contribution in [2.24, 2.45) is 4.99 Å². The minimum atomic E-state index is 0. The van der Waals surface area contributed by atoms with Gasteiger partial charge in [0.05, 0.1) is 30.5 Å². The summed E-state index contributed by atoms with van der Waals surface area (Å²) in [5.41, 5.74) is 1.07. The molecular weight excluding hydrogens is 425 g/mol. The van der Waals surface area contributed by atoms with Crippen LogP contribution in [0.4, 0.5) is 0 Å². The molecular formula is C15H28IN5OS. The summed E-state index contributed by atoms with van der Waals surface area (Å²) < 4.78 is 5.35. The summed E-state index contributed by atoms with van der Waals surface area (Å²) >= 11 is 1.72. The van der Waals surface area contributed by atoms with Crippen LogP contribution in [0, 0.1) is 0 Å². The lowest BCUT2D eigenvalue weighted by Crippen LogP contribution is -2.44. The van der Waals surface area contributed by atoms with Crippen molar-refractivity contribution in [1.82, 2.24) is 20.5 Å². The van der Waals surface area contributed by atoms with E-state index in [4.69, 9.17) is 4.74 Å². The van der Waals surface area contributed by atoms with Crippen LogP contribution in [-0.4, -0.2) is 62.3 Å². The van der Waals surface area contributed by atoms with E-state index < -0.39 is 0 Å². The van der Waals surface area contributed by atoms with Gasteiger partial charge in [-0.15, -0.1) is 35.3 Å². The van der Waals surface area contributed by atoms with Gasteiger partial charge in [0.2, 0.25) is 0 Å². The van der Waals surface area contributed by atoms with Crippen LogP contribution in [-0.2, 0) is 11.3 Å². The van der Waals surface area contributed by atoms with E-state index in [-0.39, 0.29) is 24.0 Å². The number of rotatable bonds is 6. The van der Waals surface area contributed by atoms with Crippen LogP contribution in [0.15, 0.2) is 10.4 Å². The Hall–Kier alpha value is -0.450. The lowest BCUT2D eigenvalue weighted by molar-refractivity contribution is 0.0389. The molecule has 1 aromatic rings. The minimum Gasteiger partial charge on any atom is -0.379 e. The van der Waals surface area contributed by atoms with Crippen LogP contribution in [0.2, 0.25) is 0 Å². The summed E-state index contributed by atoms with van der Waals surface area (Å²) in [6.07, 6.45) is 0. The van der Waals surface area contributed by atoms with Gasteiger partial charge >= 0.3 is 0 Å². The van der Waals surface area contributed by atoms with Gasteiger partial charge in [-0.2, -0.15) is 0 Å². The lowest BCUT2D eigenvalue weighted by atomic mass is 10.2. The Labute approximate surface area is 160 Å². The highest BCUT2D eigenvalue weighted by molar-refractivity contribution is 14.0. The highest BCUT2D eigenvalue weighted by Gasteiger charge is 2.10. The largest absolute Gasteiger partial charge is 0.379 e. The van der Waals surface area contributed by atoms with Gasteiger partial charge in [-0.05, 0) is 0 Å². The van der Waals surface area contributed by atoms with Gasteiger partial charge in [0.25, 0.3) is 0 Å². The second kappa shape index (κ2) is 11.2. The summed E-state index contributed by atoms with van der Waals surface area (Å²) in [4.78, 5) is 11.3. The Morgan fingerprint density at radius 2 is 2.13 bits per heavy atom. The zero-order valence-corrected chi connectivity index (χ0v) is 17.3. The molecule has 2 N–H and O–H groups in total. The molecule has 0 saturated carbocycles. The van der Waals surface area contributed by atoms with Gasteiger partial charge in [-0.3, -0.25) is 9.89 Å². The molecule has 0 atom stereocenters. The van der Waals surface area contributed by atoms with Crippen molar-refractivity contribution in [3.63, 3.8) is 0 Å². The molecule has 2 heterocycles. The van der Waals surface area contributed by atoms with Crippen LogP contribution < -0.4 is 10.6 Å². The van der Waals surface area contributed by atoms with E-state index in [1.165, 1.54) is 5.01 Å². The second-order valence-electron chi connectivity index (χ2n) is 5.64. The van der Waals surface area contributed by atoms with Gasteiger partial charge in [0.15, 0.2) is 5.96 Å². The zero-order chi connectivity index (χ0) is 15.8. The van der Waals surface area contributed by atoms with E-state index in [1.807, 2.05) is 0 Å². The molecule has 1 aliphatic rings. The Morgan fingerprint density at radius 3 is 2.74 bits per heavy atom. The maximum Gasteiger partial charge on any atom is 0.191 e. The first-order valence-electron chi connectivity index (χ1n) is 7.88. The summed E-state index contributed by atoms with van der Waals surface area (Å²) in [6, 6.07) is 0. The number of guanidine groups is 1. The molecule has 0 spiro atoms. The number of nitrogens with one attached hydrogen (secondary N) is 2. The van der Waals surface area contributed by atoms with Crippen molar-refractivity contribution >= 4 is 41.3 Å². The molecule has 8 heteroatoms. The SMILES string of the molecule is CN=C(NCCN1CCOCC1)NCc1csc(C(C)C)n1.I. The maximum absolute atomic E-state index is 5.35. The first-order valence-corrected chi connectivity index (χ1v) is 8.76. The van der Waals surface area contributed by atoms with Crippen molar-refractivity contribution in [2.75, 3.05) is 46.4 Å². The number of hydrogen-bond acceptors (Lipinski definition) is 5. The van der Waals surface area contributed by atoms with Crippen molar-refractivity contribution in [1.29, 1.82) is 0 Å². The van der Waals surface area contributed by atoms with E-state index in [2.05, 4.69) is 44.7 Å². The number of aromatic nitrogens is 1. The Balaban J connectivity index is 0.00000264. The predicted molar refractivity (Wildman–Crippen MR) is 107 cm³/mol. The van der Waals surface area contributed by atoms with Gasteiger partial charge in [-0.1, -0.05) is 13.8 Å². The van der Waals surface area contributed by atoms with Crippen LogP contribution in [0.3, 0.4) is 0 Å². The number of thiazole rings is 1. The third-order valence-electron chi connectivity index (χ3n) is 3.55. The first-order chi connectivity index (χ1) is 10.7. The van der Waals surface area contributed by atoms with Gasteiger partial charge < -0.3 is 15.4 Å². The Kier molecular flexibility index (Phi) is 10.00. The highest BCUT2D eigenvalue weighted by Crippen LogP contribution is 2.18. The van der Waals surface area contributed by atoms with Gasteiger partial charge in [-0.25, -0.2) is 4.98 Å².